The molecule has 1 aromatic heterocycles. The van der Waals surface area contributed by atoms with E-state index in [1.807, 2.05) is 37.3 Å². The molecule has 0 saturated heterocycles. The van der Waals surface area contributed by atoms with E-state index < -0.39 is 5.91 Å². The molecule has 2 aromatic rings. The summed E-state index contributed by atoms with van der Waals surface area (Å²) in [5.74, 6) is -0.299. The highest BCUT2D eigenvalue weighted by molar-refractivity contribution is 5.95. The van der Waals surface area contributed by atoms with E-state index in [2.05, 4.69) is 15.5 Å². The lowest BCUT2D eigenvalue weighted by molar-refractivity contribution is 0.0745. The maximum absolute atomic E-state index is 11.4. The highest BCUT2D eigenvalue weighted by Gasteiger charge is 2.14. The van der Waals surface area contributed by atoms with Gasteiger partial charge < -0.3 is 10.3 Å². The predicted octanol–water partition coefficient (Wildman–Crippen LogP) is 1.38. The fraction of sp³-hybridized carbons (Fsp3) is 0.214. The van der Waals surface area contributed by atoms with Gasteiger partial charge in [0.1, 0.15) is 6.34 Å². The number of rotatable bonds is 7. The minimum absolute atomic E-state index is 0.264. The molecule has 0 unspecified atom stereocenters. The number of aryl methyl sites for hydroxylation is 1. The van der Waals surface area contributed by atoms with Crippen molar-refractivity contribution in [2.45, 2.75) is 20.1 Å². The van der Waals surface area contributed by atoms with Crippen LogP contribution in [0.15, 0.2) is 41.7 Å². The van der Waals surface area contributed by atoms with Gasteiger partial charge in [0.25, 0.3) is 5.91 Å². The van der Waals surface area contributed by atoms with E-state index in [0.717, 1.165) is 5.56 Å². The number of amides is 1. The summed E-state index contributed by atoms with van der Waals surface area (Å²) in [5.41, 5.74) is 9.21. The van der Waals surface area contributed by atoms with Gasteiger partial charge in [0.05, 0.1) is 12.9 Å². The van der Waals surface area contributed by atoms with Crippen molar-refractivity contribution in [3.8, 4) is 0 Å². The quantitative estimate of drug-likeness (QED) is 0.348. The molecule has 7 heteroatoms. The summed E-state index contributed by atoms with van der Waals surface area (Å²) in [6.45, 7) is 2.89. The molecule has 1 heterocycles. The van der Waals surface area contributed by atoms with Crippen LogP contribution in [0.25, 0.3) is 0 Å². The predicted molar refractivity (Wildman–Crippen MR) is 78.9 cm³/mol. The van der Waals surface area contributed by atoms with Crippen LogP contribution in [0.4, 0.5) is 5.82 Å². The normalized spacial score (nSPS) is 10.9. The summed E-state index contributed by atoms with van der Waals surface area (Å²) in [5, 5.41) is 0. The van der Waals surface area contributed by atoms with Gasteiger partial charge in [-0.1, -0.05) is 30.3 Å². The number of nitrogens with two attached hydrogens (primary N) is 1. The van der Waals surface area contributed by atoms with Gasteiger partial charge in [-0.15, -0.1) is 0 Å². The highest BCUT2D eigenvalue weighted by atomic mass is 16.6. The number of carbonyl (C=O) groups excluding carboxylic acids is 1. The summed E-state index contributed by atoms with van der Waals surface area (Å²) in [4.78, 5) is 24.7. The molecule has 0 aliphatic carbocycles. The SMILES string of the molecule is CCn1cnc(/N=C\NOCc2ccccc2)c1C(N)=O. The number of carbonyl (C=O) groups is 1. The van der Waals surface area contributed by atoms with Crippen molar-refractivity contribution in [2.24, 2.45) is 10.7 Å². The molecule has 0 aliphatic heterocycles. The first-order chi connectivity index (χ1) is 10.2. The van der Waals surface area contributed by atoms with Crippen LogP contribution in [-0.2, 0) is 18.0 Å². The lowest BCUT2D eigenvalue weighted by Crippen LogP contribution is -2.16. The number of nitrogens with zero attached hydrogens (tertiary/aromatic N) is 3. The fourth-order valence-electron chi connectivity index (χ4n) is 1.78. The zero-order chi connectivity index (χ0) is 15.1. The largest absolute Gasteiger partial charge is 0.364 e. The summed E-state index contributed by atoms with van der Waals surface area (Å²) in [6.07, 6.45) is 2.86. The zero-order valence-corrected chi connectivity index (χ0v) is 11.7. The Balaban J connectivity index is 1.90. The van der Waals surface area contributed by atoms with Crippen LogP contribution >= 0.6 is 0 Å². The van der Waals surface area contributed by atoms with Gasteiger partial charge in [0.2, 0.25) is 0 Å². The Labute approximate surface area is 122 Å². The average molecular weight is 287 g/mol. The molecule has 0 saturated carbocycles. The van der Waals surface area contributed by atoms with Crippen LogP contribution in [-0.4, -0.2) is 21.8 Å². The molecule has 0 atom stereocenters. The number of hydrogen-bond donors (Lipinski definition) is 2. The third-order valence-corrected chi connectivity index (χ3v) is 2.80. The second-order valence-electron chi connectivity index (χ2n) is 4.22. The third kappa shape index (κ3) is 3.90. The zero-order valence-electron chi connectivity index (χ0n) is 11.7. The lowest BCUT2D eigenvalue weighted by atomic mass is 10.2. The number of nitrogens with one attached hydrogen (secondary N) is 1. The van der Waals surface area contributed by atoms with E-state index in [4.69, 9.17) is 10.6 Å². The molecule has 7 nitrogen and oxygen atoms in total. The van der Waals surface area contributed by atoms with Gasteiger partial charge in [-0.2, -0.15) is 0 Å². The van der Waals surface area contributed by atoms with Gasteiger partial charge in [-0.25, -0.2) is 9.98 Å². The summed E-state index contributed by atoms with van der Waals surface area (Å²) in [6, 6.07) is 9.71. The summed E-state index contributed by atoms with van der Waals surface area (Å²) < 4.78 is 1.64. The molecule has 1 amide bonds. The minimum Gasteiger partial charge on any atom is -0.364 e. The lowest BCUT2D eigenvalue weighted by Gasteiger charge is -2.02. The number of hydrogen-bond acceptors (Lipinski definition) is 4. The Hall–Kier alpha value is -2.67. The summed E-state index contributed by atoms with van der Waals surface area (Å²) in [7, 11) is 0. The number of hydroxylamine groups is 1. The Morgan fingerprint density at radius 1 is 1.48 bits per heavy atom. The molecule has 21 heavy (non-hydrogen) atoms. The minimum atomic E-state index is -0.563. The number of imidazole rings is 1. The molecule has 0 aliphatic rings. The van der Waals surface area contributed by atoms with Crippen molar-refractivity contribution in [1.82, 2.24) is 15.0 Å². The standard InChI is InChI=1S/C14H17N5O2/c1-2-19-10-17-14(12(19)13(15)20)16-9-18-21-8-11-6-4-3-5-7-11/h3-7,9-10H,2,8H2,1H3,(H2,15,20)(H,16,18). The first-order valence-corrected chi connectivity index (χ1v) is 6.51. The van der Waals surface area contributed by atoms with E-state index in [1.54, 1.807) is 4.57 Å². The molecular formula is C14H17N5O2. The van der Waals surface area contributed by atoms with E-state index in [0.29, 0.717) is 13.2 Å². The Morgan fingerprint density at radius 2 is 2.24 bits per heavy atom. The molecular weight excluding hydrogens is 270 g/mol. The monoisotopic (exact) mass is 287 g/mol. The van der Waals surface area contributed by atoms with Gasteiger partial charge in [-0.05, 0) is 12.5 Å². The first-order valence-electron chi connectivity index (χ1n) is 6.51. The van der Waals surface area contributed by atoms with Crippen molar-refractivity contribution in [1.29, 1.82) is 0 Å². The van der Waals surface area contributed by atoms with Gasteiger partial charge >= 0.3 is 0 Å². The Kier molecular flexibility index (Phi) is 5.05. The molecule has 0 bridgehead atoms. The van der Waals surface area contributed by atoms with Gasteiger partial charge in [0, 0.05) is 6.54 Å². The number of primary amides is 1. The second kappa shape index (κ2) is 7.20. The topological polar surface area (TPSA) is 94.5 Å². The third-order valence-electron chi connectivity index (χ3n) is 2.80. The smallest absolute Gasteiger partial charge is 0.269 e. The van der Waals surface area contributed by atoms with Crippen LogP contribution < -0.4 is 11.2 Å². The maximum Gasteiger partial charge on any atom is 0.269 e. The van der Waals surface area contributed by atoms with E-state index in [-0.39, 0.29) is 11.5 Å². The molecule has 0 fully saturated rings. The van der Waals surface area contributed by atoms with Crippen molar-refractivity contribution in [2.75, 3.05) is 0 Å². The molecule has 3 N–H and O–H groups in total. The van der Waals surface area contributed by atoms with Crippen LogP contribution in [0.1, 0.15) is 23.0 Å². The summed E-state index contributed by atoms with van der Waals surface area (Å²) >= 11 is 0. The Morgan fingerprint density at radius 3 is 2.90 bits per heavy atom. The van der Waals surface area contributed by atoms with Crippen molar-refractivity contribution < 1.29 is 9.63 Å². The average Bonchev–Trinajstić information content (AvgIpc) is 2.91. The van der Waals surface area contributed by atoms with E-state index in [9.17, 15) is 4.79 Å². The highest BCUT2D eigenvalue weighted by Crippen LogP contribution is 2.15. The molecule has 0 spiro atoms. The molecule has 1 aromatic carbocycles. The van der Waals surface area contributed by atoms with E-state index >= 15 is 0 Å². The van der Waals surface area contributed by atoms with Gasteiger partial charge in [0.15, 0.2) is 11.5 Å². The maximum atomic E-state index is 11.4. The van der Waals surface area contributed by atoms with Crippen molar-refractivity contribution in [3.63, 3.8) is 0 Å². The van der Waals surface area contributed by atoms with Crippen LogP contribution in [0.2, 0.25) is 0 Å². The molecule has 0 radical (unpaired) electrons. The van der Waals surface area contributed by atoms with Crippen LogP contribution in [0, 0.1) is 0 Å². The van der Waals surface area contributed by atoms with Crippen LogP contribution in [0.5, 0.6) is 0 Å². The van der Waals surface area contributed by atoms with Crippen LogP contribution in [0.3, 0.4) is 0 Å². The number of aromatic nitrogens is 2. The van der Waals surface area contributed by atoms with E-state index in [1.165, 1.54) is 12.7 Å². The Bertz CT molecular complexity index is 622. The van der Waals surface area contributed by atoms with Gasteiger partial charge in [-0.3, -0.25) is 15.1 Å². The number of benzene rings is 1. The second-order valence-corrected chi connectivity index (χ2v) is 4.22. The first kappa shape index (κ1) is 14.7. The van der Waals surface area contributed by atoms with Crippen molar-refractivity contribution in [3.05, 3.63) is 47.9 Å². The molecule has 2 rings (SSSR count). The fourth-order valence-corrected chi connectivity index (χ4v) is 1.78. The molecule has 110 valence electrons. The number of aliphatic imine (C=N–C) groups is 1. The van der Waals surface area contributed by atoms with Crippen molar-refractivity contribution >= 4 is 18.1 Å².